The summed E-state index contributed by atoms with van der Waals surface area (Å²) >= 11 is 9.92. The first kappa shape index (κ1) is 31.6. The van der Waals surface area contributed by atoms with Gasteiger partial charge in [0.05, 0.1) is 11.9 Å². The van der Waals surface area contributed by atoms with Crippen LogP contribution in [0.15, 0.2) is 77.3 Å². The molecule has 0 aliphatic carbocycles. The Bertz CT molecular complexity index is 1440. The Morgan fingerprint density at radius 1 is 1.02 bits per heavy atom. The Morgan fingerprint density at radius 2 is 1.68 bits per heavy atom. The van der Waals surface area contributed by atoms with E-state index in [1.807, 2.05) is 57.2 Å². The smallest absolute Gasteiger partial charge is 0.244 e. The minimum Gasteiger partial charge on any atom is -0.352 e. The van der Waals surface area contributed by atoms with Gasteiger partial charge in [-0.15, -0.1) is 0 Å². The van der Waals surface area contributed by atoms with E-state index in [1.54, 1.807) is 36.4 Å². The minimum atomic E-state index is -3.84. The maximum Gasteiger partial charge on any atom is 0.244 e. The Balaban J connectivity index is 2.08. The molecule has 0 aromatic heterocycles. The summed E-state index contributed by atoms with van der Waals surface area (Å²) in [6.07, 6.45) is 2.02. The van der Waals surface area contributed by atoms with Gasteiger partial charge in [0, 0.05) is 28.5 Å². The summed E-state index contributed by atoms with van der Waals surface area (Å²) in [5.41, 5.74) is 2.70. The third-order valence-electron chi connectivity index (χ3n) is 6.68. The second kappa shape index (κ2) is 14.1. The lowest BCUT2D eigenvalue weighted by Gasteiger charge is -2.34. The zero-order valence-electron chi connectivity index (χ0n) is 23.1. The molecule has 214 valence electrons. The largest absolute Gasteiger partial charge is 0.352 e. The number of carbonyl (C=O) groups excluding carboxylic acids is 2. The Kier molecular flexibility index (Phi) is 11.2. The first-order valence-corrected chi connectivity index (χ1v) is 16.0. The van der Waals surface area contributed by atoms with Crippen LogP contribution in [-0.2, 0) is 32.6 Å². The van der Waals surface area contributed by atoms with Gasteiger partial charge in [0.15, 0.2) is 0 Å². The van der Waals surface area contributed by atoms with Crippen LogP contribution in [0, 0.1) is 6.92 Å². The number of nitrogens with zero attached hydrogens (tertiary/aromatic N) is 2. The number of anilines is 1. The van der Waals surface area contributed by atoms with Crippen molar-refractivity contribution in [2.75, 3.05) is 17.1 Å². The molecule has 0 aliphatic heterocycles. The normalized spacial score (nSPS) is 12.8. The quantitative estimate of drug-likeness (QED) is 0.272. The number of aryl methyl sites for hydroxylation is 1. The summed E-state index contributed by atoms with van der Waals surface area (Å²) in [6, 6.07) is 20.6. The second-order valence-electron chi connectivity index (χ2n) is 9.84. The summed E-state index contributed by atoms with van der Waals surface area (Å²) in [4.78, 5) is 29.3. The molecule has 10 heteroatoms. The van der Waals surface area contributed by atoms with Crippen LogP contribution in [0.1, 0.15) is 37.0 Å². The number of amides is 2. The molecular formula is C30H35BrClN3O4S. The van der Waals surface area contributed by atoms with E-state index >= 15 is 0 Å². The van der Waals surface area contributed by atoms with Crippen LogP contribution in [-0.4, -0.2) is 50.0 Å². The molecule has 3 aromatic rings. The fraction of sp³-hybridized carbons (Fsp3) is 0.333. The first-order chi connectivity index (χ1) is 18.9. The van der Waals surface area contributed by atoms with Crippen molar-refractivity contribution >= 4 is 55.1 Å². The lowest BCUT2D eigenvalue weighted by atomic mass is 10.0. The molecule has 0 heterocycles. The van der Waals surface area contributed by atoms with Gasteiger partial charge >= 0.3 is 0 Å². The minimum absolute atomic E-state index is 0.0287. The number of sulfonamides is 1. The molecule has 0 radical (unpaired) electrons. The molecule has 0 spiro atoms. The first-order valence-electron chi connectivity index (χ1n) is 13.0. The van der Waals surface area contributed by atoms with E-state index < -0.39 is 28.5 Å². The van der Waals surface area contributed by atoms with Gasteiger partial charge < -0.3 is 10.2 Å². The fourth-order valence-corrected chi connectivity index (χ4v) is 5.49. The van der Waals surface area contributed by atoms with E-state index in [9.17, 15) is 18.0 Å². The van der Waals surface area contributed by atoms with Crippen LogP contribution in [0.25, 0.3) is 0 Å². The average molecular weight is 649 g/mol. The predicted octanol–water partition coefficient (Wildman–Crippen LogP) is 5.73. The summed E-state index contributed by atoms with van der Waals surface area (Å²) in [6.45, 7) is 5.26. The third-order valence-corrected chi connectivity index (χ3v) is 9.08. The van der Waals surface area contributed by atoms with Crippen LogP contribution in [0.4, 0.5) is 5.69 Å². The zero-order valence-corrected chi connectivity index (χ0v) is 26.3. The summed E-state index contributed by atoms with van der Waals surface area (Å²) in [7, 11) is -3.84. The van der Waals surface area contributed by atoms with E-state index in [-0.39, 0.29) is 24.9 Å². The molecule has 0 bridgehead atoms. The number of rotatable bonds is 12. The van der Waals surface area contributed by atoms with Crippen LogP contribution in [0.2, 0.25) is 5.02 Å². The molecular weight excluding hydrogens is 614 g/mol. The van der Waals surface area contributed by atoms with Gasteiger partial charge in [-0.05, 0) is 61.2 Å². The van der Waals surface area contributed by atoms with E-state index in [4.69, 9.17) is 11.6 Å². The molecule has 0 aliphatic rings. The zero-order chi connectivity index (χ0) is 29.4. The topological polar surface area (TPSA) is 86.8 Å². The molecule has 0 unspecified atom stereocenters. The van der Waals surface area contributed by atoms with Crippen molar-refractivity contribution in [1.82, 2.24) is 10.2 Å². The van der Waals surface area contributed by atoms with Gasteiger partial charge in [-0.2, -0.15) is 0 Å². The standard InChI is InChI=1S/C30H35BrClN3O4S/c1-5-22(3)33-30(37)28(18-23-11-7-6-8-12-23)34(19-24-13-9-10-14-27(24)32)29(36)20-35(40(4,38)39)25-15-16-26(31)21(2)17-25/h6-17,22,28H,5,18-20H2,1-4H3,(H,33,37)/t22-,28-/m0/s1. The predicted molar refractivity (Wildman–Crippen MR) is 165 cm³/mol. The summed E-state index contributed by atoms with van der Waals surface area (Å²) in [5.74, 6) is -0.838. The van der Waals surface area contributed by atoms with Gasteiger partial charge in [0.2, 0.25) is 21.8 Å². The fourth-order valence-electron chi connectivity index (χ4n) is 4.20. The van der Waals surface area contributed by atoms with Gasteiger partial charge in [-0.1, -0.05) is 83.0 Å². The highest BCUT2D eigenvalue weighted by atomic mass is 79.9. The summed E-state index contributed by atoms with van der Waals surface area (Å²) < 4.78 is 27.7. The van der Waals surface area contributed by atoms with Crippen molar-refractivity contribution in [3.8, 4) is 0 Å². The highest BCUT2D eigenvalue weighted by Crippen LogP contribution is 2.26. The van der Waals surface area contributed by atoms with Gasteiger partial charge in [-0.25, -0.2) is 8.42 Å². The monoisotopic (exact) mass is 647 g/mol. The lowest BCUT2D eigenvalue weighted by Crippen LogP contribution is -2.54. The van der Waals surface area contributed by atoms with Crippen molar-refractivity contribution in [1.29, 1.82) is 0 Å². The molecule has 2 amide bonds. The molecule has 0 saturated heterocycles. The Hall–Kier alpha value is -2.88. The van der Waals surface area contributed by atoms with Gasteiger partial charge in [0.1, 0.15) is 12.6 Å². The van der Waals surface area contributed by atoms with Gasteiger partial charge in [-0.3, -0.25) is 13.9 Å². The summed E-state index contributed by atoms with van der Waals surface area (Å²) in [5, 5.41) is 3.46. The van der Waals surface area contributed by atoms with E-state index in [1.165, 1.54) is 4.90 Å². The van der Waals surface area contributed by atoms with Crippen LogP contribution in [0.3, 0.4) is 0 Å². The van der Waals surface area contributed by atoms with E-state index in [2.05, 4.69) is 21.2 Å². The highest BCUT2D eigenvalue weighted by Gasteiger charge is 2.33. The Labute approximate surface area is 250 Å². The van der Waals surface area contributed by atoms with Crippen LogP contribution >= 0.6 is 27.5 Å². The highest BCUT2D eigenvalue weighted by molar-refractivity contribution is 9.10. The molecule has 0 saturated carbocycles. The molecule has 2 atom stereocenters. The average Bonchev–Trinajstić information content (AvgIpc) is 2.91. The molecule has 1 N–H and O–H groups in total. The number of halogens is 2. The van der Waals surface area contributed by atoms with Crippen molar-refractivity contribution in [2.24, 2.45) is 0 Å². The SMILES string of the molecule is CC[C@H](C)NC(=O)[C@H](Cc1ccccc1)N(Cc1ccccc1Cl)C(=O)CN(c1ccc(Br)c(C)c1)S(C)(=O)=O. The van der Waals surface area contributed by atoms with Crippen LogP contribution < -0.4 is 9.62 Å². The number of hydrogen-bond donors (Lipinski definition) is 1. The molecule has 3 aromatic carbocycles. The molecule has 3 rings (SSSR count). The van der Waals surface area contributed by atoms with Crippen molar-refractivity contribution in [3.05, 3.63) is 99.0 Å². The molecule has 0 fully saturated rings. The second-order valence-corrected chi connectivity index (χ2v) is 13.0. The third kappa shape index (κ3) is 8.56. The molecule has 7 nitrogen and oxygen atoms in total. The maximum atomic E-state index is 14.1. The number of benzene rings is 3. The van der Waals surface area contributed by atoms with Crippen molar-refractivity contribution < 1.29 is 18.0 Å². The number of nitrogens with one attached hydrogen (secondary N) is 1. The van der Waals surface area contributed by atoms with E-state index in [0.717, 1.165) is 26.2 Å². The van der Waals surface area contributed by atoms with E-state index in [0.29, 0.717) is 22.7 Å². The lowest BCUT2D eigenvalue weighted by molar-refractivity contribution is -0.140. The maximum absolute atomic E-state index is 14.1. The van der Waals surface area contributed by atoms with Crippen LogP contribution in [0.5, 0.6) is 0 Å². The number of hydrogen-bond acceptors (Lipinski definition) is 4. The van der Waals surface area contributed by atoms with Crippen molar-refractivity contribution in [2.45, 2.75) is 52.2 Å². The van der Waals surface area contributed by atoms with Crippen molar-refractivity contribution in [3.63, 3.8) is 0 Å². The molecule has 40 heavy (non-hydrogen) atoms. The number of carbonyl (C=O) groups is 2. The van der Waals surface area contributed by atoms with Gasteiger partial charge in [0.25, 0.3) is 0 Å². The Morgan fingerprint density at radius 3 is 2.27 bits per heavy atom.